The Labute approximate surface area is 81.2 Å². The van der Waals surface area contributed by atoms with Gasteiger partial charge in [0.2, 0.25) is 0 Å². The van der Waals surface area contributed by atoms with E-state index in [4.69, 9.17) is 10.8 Å². The Morgan fingerprint density at radius 1 is 1.57 bits per heavy atom. The Hall–Kier alpha value is -1.78. The summed E-state index contributed by atoms with van der Waals surface area (Å²) in [6, 6.07) is 1.40. The second kappa shape index (κ2) is 3.17. The quantitative estimate of drug-likeness (QED) is 0.717. The van der Waals surface area contributed by atoms with Gasteiger partial charge in [-0.25, -0.2) is 9.78 Å². The molecular formula is C9H11N3O2. The van der Waals surface area contributed by atoms with Crippen molar-refractivity contribution in [3.8, 4) is 0 Å². The Morgan fingerprint density at radius 3 is 2.79 bits per heavy atom. The number of anilines is 2. The third-order valence-corrected chi connectivity index (χ3v) is 2.33. The highest BCUT2D eigenvalue weighted by Crippen LogP contribution is 2.25. The van der Waals surface area contributed by atoms with E-state index in [0.717, 1.165) is 19.5 Å². The van der Waals surface area contributed by atoms with Gasteiger partial charge in [0.25, 0.3) is 0 Å². The minimum atomic E-state index is -0.957. The van der Waals surface area contributed by atoms with Gasteiger partial charge in [-0.2, -0.15) is 0 Å². The van der Waals surface area contributed by atoms with Crippen molar-refractivity contribution in [2.75, 3.05) is 23.7 Å². The Morgan fingerprint density at radius 2 is 2.29 bits per heavy atom. The van der Waals surface area contributed by atoms with Gasteiger partial charge in [-0.05, 0) is 12.5 Å². The number of carboxylic acids is 1. The van der Waals surface area contributed by atoms with Crippen LogP contribution in [0.1, 0.15) is 16.8 Å². The van der Waals surface area contributed by atoms with Crippen LogP contribution in [0.15, 0.2) is 12.3 Å². The van der Waals surface area contributed by atoms with Gasteiger partial charge in [-0.1, -0.05) is 0 Å². The predicted molar refractivity (Wildman–Crippen MR) is 52.4 cm³/mol. The SMILES string of the molecule is Nc1cc(C(=O)O)c(N2CCC2)cn1. The van der Waals surface area contributed by atoms with Gasteiger partial charge < -0.3 is 15.7 Å². The second-order valence-electron chi connectivity index (χ2n) is 3.27. The molecule has 5 heteroatoms. The molecule has 14 heavy (non-hydrogen) atoms. The lowest BCUT2D eigenvalue weighted by atomic mass is 10.1. The molecule has 3 N–H and O–H groups in total. The summed E-state index contributed by atoms with van der Waals surface area (Å²) < 4.78 is 0. The van der Waals surface area contributed by atoms with Crippen molar-refractivity contribution >= 4 is 17.5 Å². The maximum atomic E-state index is 10.9. The maximum absolute atomic E-state index is 10.9. The zero-order valence-corrected chi connectivity index (χ0v) is 7.60. The zero-order valence-electron chi connectivity index (χ0n) is 7.60. The van der Waals surface area contributed by atoms with E-state index in [0.29, 0.717) is 5.69 Å². The molecule has 5 nitrogen and oxygen atoms in total. The summed E-state index contributed by atoms with van der Waals surface area (Å²) in [7, 11) is 0. The standard InChI is InChI=1S/C9H11N3O2/c10-8-4-6(9(13)14)7(5-11-8)12-2-1-3-12/h4-5H,1-3H2,(H2,10,11)(H,13,14). The molecular weight excluding hydrogens is 182 g/mol. The number of nitrogens with zero attached hydrogens (tertiary/aromatic N) is 2. The average Bonchev–Trinajstić information content (AvgIpc) is 2.04. The molecule has 0 bridgehead atoms. The van der Waals surface area contributed by atoms with E-state index in [-0.39, 0.29) is 11.4 Å². The van der Waals surface area contributed by atoms with E-state index < -0.39 is 5.97 Å². The lowest BCUT2D eigenvalue weighted by molar-refractivity contribution is 0.0697. The summed E-state index contributed by atoms with van der Waals surface area (Å²) in [6.45, 7) is 1.79. The van der Waals surface area contributed by atoms with Crippen LogP contribution < -0.4 is 10.6 Å². The van der Waals surface area contributed by atoms with E-state index >= 15 is 0 Å². The Bertz CT molecular complexity index is 374. The Balaban J connectivity index is 2.41. The molecule has 0 saturated carbocycles. The third-order valence-electron chi connectivity index (χ3n) is 2.33. The fourth-order valence-corrected chi connectivity index (χ4v) is 1.44. The number of aromatic carboxylic acids is 1. The molecule has 0 amide bonds. The first-order valence-corrected chi connectivity index (χ1v) is 4.42. The molecule has 2 rings (SSSR count). The van der Waals surface area contributed by atoms with Gasteiger partial charge >= 0.3 is 5.97 Å². The molecule has 1 aliphatic heterocycles. The molecule has 1 aromatic heterocycles. The number of carbonyl (C=O) groups is 1. The molecule has 1 aromatic rings. The molecule has 0 aromatic carbocycles. The number of aromatic nitrogens is 1. The molecule has 0 spiro atoms. The molecule has 1 saturated heterocycles. The van der Waals surface area contributed by atoms with Crippen molar-refractivity contribution < 1.29 is 9.90 Å². The van der Waals surface area contributed by atoms with Crippen molar-refractivity contribution in [1.29, 1.82) is 0 Å². The summed E-state index contributed by atoms with van der Waals surface area (Å²) in [6.07, 6.45) is 2.63. The largest absolute Gasteiger partial charge is 0.478 e. The molecule has 2 heterocycles. The minimum absolute atomic E-state index is 0.234. The summed E-state index contributed by atoms with van der Waals surface area (Å²) in [5.74, 6) is -0.715. The number of nitrogen functional groups attached to an aromatic ring is 1. The fraction of sp³-hybridized carbons (Fsp3) is 0.333. The van der Waals surface area contributed by atoms with Crippen LogP contribution in [0.2, 0.25) is 0 Å². The summed E-state index contributed by atoms with van der Waals surface area (Å²) in [5.41, 5.74) is 6.33. The van der Waals surface area contributed by atoms with Gasteiger partial charge in [-0.15, -0.1) is 0 Å². The summed E-state index contributed by atoms with van der Waals surface area (Å²) >= 11 is 0. The van der Waals surface area contributed by atoms with Crippen molar-refractivity contribution in [3.05, 3.63) is 17.8 Å². The van der Waals surface area contributed by atoms with Gasteiger partial charge in [0, 0.05) is 13.1 Å². The van der Waals surface area contributed by atoms with Crippen LogP contribution in [0.25, 0.3) is 0 Å². The molecule has 1 fully saturated rings. The Kier molecular flexibility index (Phi) is 1.99. The minimum Gasteiger partial charge on any atom is -0.478 e. The van der Waals surface area contributed by atoms with Gasteiger partial charge in [0.15, 0.2) is 0 Å². The fourth-order valence-electron chi connectivity index (χ4n) is 1.44. The van der Waals surface area contributed by atoms with Crippen LogP contribution in [0.3, 0.4) is 0 Å². The van der Waals surface area contributed by atoms with Crippen LogP contribution in [-0.2, 0) is 0 Å². The molecule has 0 unspecified atom stereocenters. The molecule has 0 radical (unpaired) electrons. The van der Waals surface area contributed by atoms with Crippen LogP contribution in [0.5, 0.6) is 0 Å². The van der Waals surface area contributed by atoms with Crippen LogP contribution in [0, 0.1) is 0 Å². The highest BCUT2D eigenvalue weighted by molar-refractivity contribution is 5.95. The highest BCUT2D eigenvalue weighted by atomic mass is 16.4. The zero-order chi connectivity index (χ0) is 10.1. The average molecular weight is 193 g/mol. The first kappa shape index (κ1) is 8.80. The maximum Gasteiger partial charge on any atom is 0.338 e. The molecule has 1 aliphatic rings. The van der Waals surface area contributed by atoms with E-state index in [9.17, 15) is 4.79 Å². The molecule has 0 atom stereocenters. The van der Waals surface area contributed by atoms with Crippen LogP contribution in [0.4, 0.5) is 11.5 Å². The summed E-state index contributed by atoms with van der Waals surface area (Å²) in [4.78, 5) is 16.8. The smallest absolute Gasteiger partial charge is 0.338 e. The monoisotopic (exact) mass is 193 g/mol. The van der Waals surface area contributed by atoms with Crippen LogP contribution in [-0.4, -0.2) is 29.1 Å². The number of pyridine rings is 1. The third kappa shape index (κ3) is 1.37. The van der Waals surface area contributed by atoms with Crippen LogP contribution >= 0.6 is 0 Å². The van der Waals surface area contributed by atoms with Crippen molar-refractivity contribution in [1.82, 2.24) is 4.98 Å². The lowest BCUT2D eigenvalue weighted by Crippen LogP contribution is -2.38. The normalized spacial score (nSPS) is 15.0. The predicted octanol–water partition coefficient (Wildman–Crippen LogP) is 0.572. The van der Waals surface area contributed by atoms with Gasteiger partial charge in [-0.3, -0.25) is 0 Å². The van der Waals surface area contributed by atoms with Gasteiger partial charge in [0.05, 0.1) is 17.4 Å². The second-order valence-corrected chi connectivity index (χ2v) is 3.27. The number of nitrogens with two attached hydrogens (primary N) is 1. The van der Waals surface area contributed by atoms with Crippen molar-refractivity contribution in [2.24, 2.45) is 0 Å². The molecule has 0 aliphatic carbocycles. The first-order chi connectivity index (χ1) is 6.68. The van der Waals surface area contributed by atoms with E-state index in [1.165, 1.54) is 12.3 Å². The topological polar surface area (TPSA) is 79.5 Å². The van der Waals surface area contributed by atoms with Crippen molar-refractivity contribution in [3.63, 3.8) is 0 Å². The first-order valence-electron chi connectivity index (χ1n) is 4.42. The van der Waals surface area contributed by atoms with E-state index in [1.807, 2.05) is 4.90 Å². The highest BCUT2D eigenvalue weighted by Gasteiger charge is 2.21. The number of carboxylic acid groups (broad SMARTS) is 1. The number of hydrogen-bond donors (Lipinski definition) is 2. The molecule has 74 valence electrons. The van der Waals surface area contributed by atoms with E-state index in [1.54, 1.807) is 0 Å². The number of rotatable bonds is 2. The van der Waals surface area contributed by atoms with Gasteiger partial charge in [0.1, 0.15) is 5.82 Å². The van der Waals surface area contributed by atoms with E-state index in [2.05, 4.69) is 4.98 Å². The number of hydrogen-bond acceptors (Lipinski definition) is 4. The lowest BCUT2D eigenvalue weighted by Gasteiger charge is -2.33. The summed E-state index contributed by atoms with van der Waals surface area (Å²) in [5, 5.41) is 8.95. The van der Waals surface area contributed by atoms with Crippen molar-refractivity contribution in [2.45, 2.75) is 6.42 Å².